The van der Waals surface area contributed by atoms with Crippen LogP contribution in [0.5, 0.6) is 5.75 Å². The normalized spacial score (nSPS) is 17.8. The molecular formula is C28H29N5O4. The number of fused-ring (bicyclic) bond motifs is 1. The average Bonchev–Trinajstić information content (AvgIpc) is 3.46. The number of ether oxygens (including phenoxy) is 2. The number of H-pyrrole nitrogens is 1. The number of amides is 2. The molecule has 0 spiro atoms. The fraction of sp³-hybridized carbons (Fsp3) is 0.321. The lowest BCUT2D eigenvalue weighted by Crippen LogP contribution is -2.44. The number of imidazole rings is 1. The molecule has 9 nitrogen and oxygen atoms in total. The summed E-state index contributed by atoms with van der Waals surface area (Å²) in [7, 11) is 1.59. The first-order chi connectivity index (χ1) is 17.7. The fourth-order valence-electron chi connectivity index (χ4n) is 4.88. The van der Waals surface area contributed by atoms with Gasteiger partial charge in [0.15, 0.2) is 0 Å². The van der Waals surface area contributed by atoms with Gasteiger partial charge in [0, 0.05) is 36.9 Å². The Balaban J connectivity index is 1.67. The van der Waals surface area contributed by atoms with Crippen molar-refractivity contribution in [2.45, 2.75) is 44.6 Å². The third kappa shape index (κ3) is 4.52. The van der Waals surface area contributed by atoms with Gasteiger partial charge in [0.05, 0.1) is 18.0 Å². The predicted molar refractivity (Wildman–Crippen MR) is 138 cm³/mol. The lowest BCUT2D eigenvalue weighted by molar-refractivity contribution is -0.131. The van der Waals surface area contributed by atoms with Gasteiger partial charge < -0.3 is 14.5 Å². The van der Waals surface area contributed by atoms with Gasteiger partial charge in [-0.25, -0.2) is 14.7 Å². The Morgan fingerprint density at radius 1 is 1.11 bits per heavy atom. The SMILES string of the molecule is COc1ccc(C2(Cc3ccncc3)CCN(C(=O)OC(C)(C)C)C2=O)c2nc(-c3cccnc3)[nH]c12. The highest BCUT2D eigenvalue weighted by molar-refractivity contribution is 6.03. The predicted octanol–water partition coefficient (Wildman–Crippen LogP) is 4.68. The van der Waals surface area contributed by atoms with Gasteiger partial charge in [0.1, 0.15) is 22.7 Å². The molecule has 4 aromatic rings. The van der Waals surface area contributed by atoms with Gasteiger partial charge in [0.2, 0.25) is 5.91 Å². The maximum absolute atomic E-state index is 14.2. The van der Waals surface area contributed by atoms with Crippen molar-refractivity contribution in [2.75, 3.05) is 13.7 Å². The largest absolute Gasteiger partial charge is 0.494 e. The minimum Gasteiger partial charge on any atom is -0.494 e. The number of benzene rings is 1. The molecule has 0 bridgehead atoms. The Morgan fingerprint density at radius 3 is 2.57 bits per heavy atom. The summed E-state index contributed by atoms with van der Waals surface area (Å²) in [6.07, 6.45) is 6.98. The van der Waals surface area contributed by atoms with Gasteiger partial charge in [-0.3, -0.25) is 14.8 Å². The second-order valence-electron chi connectivity index (χ2n) is 10.2. The van der Waals surface area contributed by atoms with Crippen LogP contribution in [0, 0.1) is 0 Å². The van der Waals surface area contributed by atoms with Crippen LogP contribution in [-0.2, 0) is 21.4 Å². The number of nitrogens with one attached hydrogen (secondary N) is 1. The number of pyridine rings is 2. The summed E-state index contributed by atoms with van der Waals surface area (Å²) in [5.41, 5.74) is 2.00. The summed E-state index contributed by atoms with van der Waals surface area (Å²) in [6, 6.07) is 11.2. The number of carbonyl (C=O) groups excluding carboxylic acids is 2. The van der Waals surface area contributed by atoms with E-state index in [1.165, 1.54) is 4.90 Å². The molecule has 0 saturated carbocycles. The topological polar surface area (TPSA) is 110 Å². The molecule has 190 valence electrons. The lowest BCUT2D eigenvalue weighted by Gasteiger charge is -2.29. The lowest BCUT2D eigenvalue weighted by atomic mass is 9.73. The van der Waals surface area contributed by atoms with E-state index in [1.54, 1.807) is 52.7 Å². The van der Waals surface area contributed by atoms with Crippen LogP contribution in [-0.4, -0.2) is 56.1 Å². The summed E-state index contributed by atoms with van der Waals surface area (Å²) in [4.78, 5) is 45.0. The van der Waals surface area contributed by atoms with Crippen LogP contribution >= 0.6 is 0 Å². The monoisotopic (exact) mass is 499 g/mol. The van der Waals surface area contributed by atoms with E-state index in [-0.39, 0.29) is 12.5 Å². The van der Waals surface area contributed by atoms with Crippen LogP contribution in [0.15, 0.2) is 61.2 Å². The van der Waals surface area contributed by atoms with Gasteiger partial charge in [0.25, 0.3) is 0 Å². The molecule has 1 aliphatic heterocycles. The molecule has 2 amide bonds. The molecular weight excluding hydrogens is 470 g/mol. The molecule has 0 aliphatic carbocycles. The zero-order valence-corrected chi connectivity index (χ0v) is 21.3. The van der Waals surface area contributed by atoms with Crippen molar-refractivity contribution in [1.82, 2.24) is 24.8 Å². The number of likely N-dealkylation sites (tertiary alicyclic amines) is 1. The second-order valence-corrected chi connectivity index (χ2v) is 10.2. The molecule has 1 saturated heterocycles. The van der Waals surface area contributed by atoms with Crippen molar-refractivity contribution in [3.05, 3.63) is 72.3 Å². The molecule has 1 N–H and O–H groups in total. The van der Waals surface area contributed by atoms with Gasteiger partial charge in [-0.2, -0.15) is 0 Å². The van der Waals surface area contributed by atoms with Crippen molar-refractivity contribution in [3.63, 3.8) is 0 Å². The highest BCUT2D eigenvalue weighted by atomic mass is 16.6. The van der Waals surface area contributed by atoms with Gasteiger partial charge in [-0.05, 0) is 75.1 Å². The Labute approximate surface area is 214 Å². The molecule has 1 unspecified atom stereocenters. The van der Waals surface area contributed by atoms with E-state index < -0.39 is 17.1 Å². The molecule has 9 heteroatoms. The van der Waals surface area contributed by atoms with Gasteiger partial charge in [-0.15, -0.1) is 0 Å². The van der Waals surface area contributed by atoms with Crippen molar-refractivity contribution < 1.29 is 19.1 Å². The van der Waals surface area contributed by atoms with Crippen LogP contribution < -0.4 is 4.74 Å². The van der Waals surface area contributed by atoms with E-state index in [0.29, 0.717) is 35.4 Å². The highest BCUT2D eigenvalue weighted by Gasteiger charge is 2.52. The van der Waals surface area contributed by atoms with E-state index in [0.717, 1.165) is 16.7 Å². The molecule has 4 heterocycles. The summed E-state index contributed by atoms with van der Waals surface area (Å²) in [6.45, 7) is 5.59. The molecule has 1 aliphatic rings. The molecule has 5 rings (SSSR count). The van der Waals surface area contributed by atoms with E-state index in [9.17, 15) is 9.59 Å². The van der Waals surface area contributed by atoms with Crippen LogP contribution in [0.25, 0.3) is 22.4 Å². The minimum absolute atomic E-state index is 0.242. The van der Waals surface area contributed by atoms with Crippen LogP contribution in [0.1, 0.15) is 38.3 Å². The Hall–Kier alpha value is -4.27. The number of methoxy groups -OCH3 is 1. The first kappa shape index (κ1) is 24.4. The van der Waals surface area contributed by atoms with E-state index in [1.807, 2.05) is 36.4 Å². The Kier molecular flexibility index (Phi) is 6.15. The quantitative estimate of drug-likeness (QED) is 0.425. The minimum atomic E-state index is -1.04. The number of aromatic amines is 1. The fourth-order valence-corrected chi connectivity index (χ4v) is 4.88. The number of hydrogen-bond donors (Lipinski definition) is 1. The summed E-state index contributed by atoms with van der Waals surface area (Å²) in [5.74, 6) is 0.910. The zero-order valence-electron chi connectivity index (χ0n) is 21.3. The van der Waals surface area contributed by atoms with E-state index >= 15 is 0 Å². The smallest absolute Gasteiger partial charge is 0.417 e. The molecule has 0 radical (unpaired) electrons. The Bertz CT molecular complexity index is 1450. The summed E-state index contributed by atoms with van der Waals surface area (Å²) >= 11 is 0. The average molecular weight is 500 g/mol. The third-order valence-corrected chi connectivity index (χ3v) is 6.56. The number of aromatic nitrogens is 4. The van der Waals surface area contributed by atoms with E-state index in [4.69, 9.17) is 14.5 Å². The van der Waals surface area contributed by atoms with Gasteiger partial charge >= 0.3 is 6.09 Å². The van der Waals surface area contributed by atoms with Crippen molar-refractivity contribution in [2.24, 2.45) is 0 Å². The van der Waals surface area contributed by atoms with Crippen LogP contribution in [0.3, 0.4) is 0 Å². The molecule has 1 aromatic carbocycles. The maximum Gasteiger partial charge on any atom is 0.417 e. The molecule has 1 atom stereocenters. The van der Waals surface area contributed by atoms with E-state index in [2.05, 4.69) is 15.0 Å². The summed E-state index contributed by atoms with van der Waals surface area (Å²) in [5, 5.41) is 0. The standard InChI is InChI=1S/C28H29N5O4/c1-27(2,3)37-26(35)33-15-11-28(25(33)34,16-18-9-13-29-14-10-18)20-7-8-21(36-4)23-22(20)31-24(32-23)19-6-5-12-30-17-19/h5-10,12-14,17H,11,15-16H2,1-4H3,(H,31,32). The Morgan fingerprint density at radius 2 is 1.89 bits per heavy atom. The third-order valence-electron chi connectivity index (χ3n) is 6.56. The molecule has 37 heavy (non-hydrogen) atoms. The molecule has 1 fully saturated rings. The first-order valence-corrected chi connectivity index (χ1v) is 12.1. The number of nitrogens with zero attached hydrogens (tertiary/aromatic N) is 4. The zero-order chi connectivity index (χ0) is 26.2. The van der Waals surface area contributed by atoms with Gasteiger partial charge in [-0.1, -0.05) is 6.07 Å². The number of imide groups is 1. The van der Waals surface area contributed by atoms with Crippen molar-refractivity contribution in [3.8, 4) is 17.1 Å². The van der Waals surface area contributed by atoms with Crippen molar-refractivity contribution in [1.29, 1.82) is 0 Å². The van der Waals surface area contributed by atoms with Crippen LogP contribution in [0.2, 0.25) is 0 Å². The summed E-state index contributed by atoms with van der Waals surface area (Å²) < 4.78 is 11.2. The van der Waals surface area contributed by atoms with Crippen molar-refractivity contribution >= 4 is 23.0 Å². The second kappa shape index (κ2) is 9.31. The highest BCUT2D eigenvalue weighted by Crippen LogP contribution is 2.44. The first-order valence-electron chi connectivity index (χ1n) is 12.1. The number of hydrogen-bond acceptors (Lipinski definition) is 7. The molecule has 3 aromatic heterocycles. The van der Waals surface area contributed by atoms with Crippen LogP contribution in [0.4, 0.5) is 4.79 Å². The number of carbonyl (C=O) groups is 2. The maximum atomic E-state index is 14.2. The number of rotatable bonds is 5.